The normalized spacial score (nSPS) is 11.9. The highest BCUT2D eigenvalue weighted by molar-refractivity contribution is 7.89. The molecular weight excluding hydrogens is 685 g/mol. The van der Waals surface area contributed by atoms with Gasteiger partial charge in [-0.3, -0.25) is 19.7 Å². The van der Waals surface area contributed by atoms with E-state index in [4.69, 9.17) is 9.26 Å². The van der Waals surface area contributed by atoms with Crippen LogP contribution in [0.4, 0.5) is 11.4 Å². The molecule has 0 atom stereocenters. The van der Waals surface area contributed by atoms with Crippen LogP contribution in [0.2, 0.25) is 0 Å². The van der Waals surface area contributed by atoms with Crippen molar-refractivity contribution in [1.82, 2.24) is 9.46 Å². The quantitative estimate of drug-likeness (QED) is 0.0552. The molecule has 2 aromatic carbocycles. The van der Waals surface area contributed by atoms with Crippen LogP contribution in [0.3, 0.4) is 0 Å². The number of nitrogens with zero attached hydrogens (tertiary/aromatic N) is 2. The van der Waals surface area contributed by atoms with Crippen LogP contribution in [-0.4, -0.2) is 30.5 Å². The van der Waals surface area contributed by atoms with E-state index in [1.54, 1.807) is 24.3 Å². The first-order valence-electron chi connectivity index (χ1n) is 18.7. The minimum absolute atomic E-state index is 0.133. The first-order chi connectivity index (χ1) is 24.7. The lowest BCUT2D eigenvalue weighted by atomic mass is 9.91. The molecule has 288 valence electrons. The maximum atomic E-state index is 13.8. The van der Waals surface area contributed by atoms with Gasteiger partial charge >= 0.3 is 5.69 Å². The standard InChI is InChI=1S/C39H58N4O8S/c1-7-8-9-10-11-12-13-14-15-16-17-18-19-20-27-40-52(48,49)36-29(2)21-26-34(35(36)43(46)47)42-38(45)33(37(51-42)39(4,5)6)28-50-32-24-22-31(23-25-32)41-30(3)44/h21-26,40H,7-20,27-28H2,1-6H3,(H,41,44). The van der Waals surface area contributed by atoms with Crippen LogP contribution in [0.1, 0.15) is 141 Å². The first-order valence-corrected chi connectivity index (χ1v) is 20.2. The average Bonchev–Trinajstić information content (AvgIpc) is 3.41. The third kappa shape index (κ3) is 12.6. The smallest absolute Gasteiger partial charge is 0.316 e. The van der Waals surface area contributed by atoms with E-state index in [1.165, 1.54) is 90.2 Å². The minimum atomic E-state index is -4.32. The number of benzene rings is 2. The van der Waals surface area contributed by atoms with Crippen LogP contribution in [0.15, 0.2) is 50.6 Å². The lowest BCUT2D eigenvalue weighted by molar-refractivity contribution is -0.387. The second-order valence-electron chi connectivity index (χ2n) is 14.6. The molecule has 1 heterocycles. The van der Waals surface area contributed by atoms with Gasteiger partial charge in [0.05, 0.1) is 10.5 Å². The SMILES string of the molecule is CCCCCCCCCCCCCCCCNS(=O)(=O)c1c(C)ccc(-n2oc(C(C)(C)C)c(COc3ccc(NC(C)=O)cc3)c2=O)c1[N+](=O)[O-]. The van der Waals surface area contributed by atoms with Gasteiger partial charge in [-0.25, -0.2) is 13.1 Å². The van der Waals surface area contributed by atoms with Crippen LogP contribution in [0.25, 0.3) is 5.69 Å². The van der Waals surface area contributed by atoms with Crippen molar-refractivity contribution in [2.45, 2.75) is 148 Å². The summed E-state index contributed by atoms with van der Waals surface area (Å²) < 4.78 is 42.4. The molecule has 0 bridgehead atoms. The molecule has 52 heavy (non-hydrogen) atoms. The molecule has 0 saturated heterocycles. The fourth-order valence-electron chi connectivity index (χ4n) is 6.22. The van der Waals surface area contributed by atoms with E-state index < -0.39 is 36.5 Å². The molecule has 2 N–H and O–H groups in total. The van der Waals surface area contributed by atoms with E-state index in [0.29, 0.717) is 17.9 Å². The molecule has 3 rings (SSSR count). The summed E-state index contributed by atoms with van der Waals surface area (Å²) in [4.78, 5) is 36.4. The molecule has 0 spiro atoms. The molecule has 3 aromatic rings. The van der Waals surface area contributed by atoms with Crippen molar-refractivity contribution < 1.29 is 27.4 Å². The lowest BCUT2D eigenvalue weighted by Gasteiger charge is -2.16. The second kappa shape index (κ2) is 20.3. The van der Waals surface area contributed by atoms with Crippen LogP contribution >= 0.6 is 0 Å². The number of unbranched alkanes of at least 4 members (excludes halogenated alkanes) is 13. The summed E-state index contributed by atoms with van der Waals surface area (Å²) in [6.07, 6.45) is 16.4. The molecule has 0 aliphatic carbocycles. The van der Waals surface area contributed by atoms with Gasteiger partial charge < -0.3 is 14.6 Å². The monoisotopic (exact) mass is 742 g/mol. The number of ether oxygens (including phenoxy) is 1. The summed E-state index contributed by atoms with van der Waals surface area (Å²) in [5, 5.41) is 15.2. The van der Waals surface area contributed by atoms with Crippen LogP contribution in [0.5, 0.6) is 5.75 Å². The maximum Gasteiger partial charge on any atom is 0.316 e. The van der Waals surface area contributed by atoms with Gasteiger partial charge in [-0.15, -0.1) is 4.74 Å². The maximum absolute atomic E-state index is 13.8. The molecule has 0 radical (unpaired) electrons. The number of nitrogens with one attached hydrogen (secondary N) is 2. The number of sulfonamides is 1. The Morgan fingerprint density at radius 2 is 1.42 bits per heavy atom. The Labute approximate surface area is 308 Å². The third-order valence-electron chi connectivity index (χ3n) is 8.94. The van der Waals surface area contributed by atoms with Gasteiger partial charge in [0.15, 0.2) is 16.3 Å². The number of nitro groups is 1. The van der Waals surface area contributed by atoms with E-state index >= 15 is 0 Å². The number of carbonyl (C=O) groups excluding carboxylic acids is 1. The molecule has 0 fully saturated rings. The molecule has 0 aliphatic heterocycles. The van der Waals surface area contributed by atoms with E-state index in [0.717, 1.165) is 24.0 Å². The van der Waals surface area contributed by atoms with Crippen LogP contribution in [0, 0.1) is 17.0 Å². The Kier molecular flexibility index (Phi) is 16.6. The van der Waals surface area contributed by atoms with E-state index in [1.807, 2.05) is 20.8 Å². The molecule has 1 amide bonds. The van der Waals surface area contributed by atoms with Crippen molar-refractivity contribution in [1.29, 1.82) is 0 Å². The average molecular weight is 743 g/mol. The summed E-state index contributed by atoms with van der Waals surface area (Å²) in [6, 6.07) is 9.33. The number of aryl methyl sites for hydroxylation is 1. The molecular formula is C39H58N4O8S. The fourth-order valence-corrected chi connectivity index (χ4v) is 7.70. The molecule has 0 saturated carbocycles. The van der Waals surface area contributed by atoms with Crippen molar-refractivity contribution in [3.63, 3.8) is 0 Å². The van der Waals surface area contributed by atoms with Crippen LogP contribution < -0.4 is 20.3 Å². The Hall–Kier alpha value is -3.97. The van der Waals surface area contributed by atoms with E-state index in [2.05, 4.69) is 17.0 Å². The number of anilines is 1. The Morgan fingerprint density at radius 3 is 1.92 bits per heavy atom. The number of hydrogen-bond donors (Lipinski definition) is 2. The molecule has 0 aliphatic rings. The fraction of sp³-hybridized carbons (Fsp3) is 0.590. The Balaban J connectivity index is 1.69. The lowest BCUT2D eigenvalue weighted by Crippen LogP contribution is -2.27. The zero-order valence-corrected chi connectivity index (χ0v) is 32.7. The zero-order chi connectivity index (χ0) is 38.3. The summed E-state index contributed by atoms with van der Waals surface area (Å²) in [5.41, 5.74) is -1.57. The molecule has 13 heteroatoms. The zero-order valence-electron chi connectivity index (χ0n) is 31.8. The van der Waals surface area contributed by atoms with Gasteiger partial charge in [-0.1, -0.05) is 117 Å². The summed E-state index contributed by atoms with van der Waals surface area (Å²) in [7, 11) is -4.32. The van der Waals surface area contributed by atoms with Crippen molar-refractivity contribution >= 4 is 27.3 Å². The van der Waals surface area contributed by atoms with Crippen molar-refractivity contribution in [2.75, 3.05) is 11.9 Å². The van der Waals surface area contributed by atoms with Gasteiger partial charge in [0.1, 0.15) is 12.4 Å². The van der Waals surface area contributed by atoms with Gasteiger partial charge in [0, 0.05) is 24.6 Å². The highest BCUT2D eigenvalue weighted by Gasteiger charge is 2.35. The number of nitro benzene ring substituents is 1. The number of rotatable bonds is 23. The van der Waals surface area contributed by atoms with Gasteiger partial charge in [0.25, 0.3) is 5.56 Å². The van der Waals surface area contributed by atoms with E-state index in [9.17, 15) is 28.1 Å². The predicted molar refractivity (Wildman–Crippen MR) is 205 cm³/mol. The molecule has 12 nitrogen and oxygen atoms in total. The Bertz CT molecular complexity index is 1770. The number of aromatic nitrogens is 1. The number of carbonyl (C=O) groups is 1. The van der Waals surface area contributed by atoms with Crippen molar-refractivity contribution in [3.05, 3.63) is 73.8 Å². The number of hydrogen-bond acceptors (Lipinski definition) is 8. The van der Waals surface area contributed by atoms with Gasteiger partial charge in [-0.05, 0) is 49.2 Å². The first kappa shape index (κ1) is 42.4. The summed E-state index contributed by atoms with van der Waals surface area (Å²) in [6.45, 7) is 10.5. The van der Waals surface area contributed by atoms with E-state index in [-0.39, 0.29) is 41.6 Å². The largest absolute Gasteiger partial charge is 0.489 e. The highest BCUT2D eigenvalue weighted by Crippen LogP contribution is 2.35. The molecule has 0 unspecified atom stereocenters. The summed E-state index contributed by atoms with van der Waals surface area (Å²) in [5.74, 6) is 0.438. The van der Waals surface area contributed by atoms with Crippen molar-refractivity contribution in [3.8, 4) is 11.4 Å². The second-order valence-corrected chi connectivity index (χ2v) is 16.3. The minimum Gasteiger partial charge on any atom is -0.489 e. The number of amides is 1. The highest BCUT2D eigenvalue weighted by atomic mass is 32.2. The third-order valence-corrected chi connectivity index (χ3v) is 10.6. The topological polar surface area (TPSA) is 163 Å². The predicted octanol–water partition coefficient (Wildman–Crippen LogP) is 9.24. The van der Waals surface area contributed by atoms with Crippen molar-refractivity contribution in [2.24, 2.45) is 0 Å². The van der Waals surface area contributed by atoms with Crippen LogP contribution in [-0.2, 0) is 26.8 Å². The summed E-state index contributed by atoms with van der Waals surface area (Å²) >= 11 is 0. The van der Waals surface area contributed by atoms with Gasteiger partial charge in [0.2, 0.25) is 15.9 Å². The molecule has 1 aromatic heterocycles. The van der Waals surface area contributed by atoms with Gasteiger partial charge in [-0.2, -0.15) is 0 Å². The Morgan fingerprint density at radius 1 is 0.885 bits per heavy atom.